The molecular weight excluding hydrogens is 343 g/mol. The third-order valence-corrected chi connectivity index (χ3v) is 4.34. The van der Waals surface area contributed by atoms with Crippen LogP contribution in [-0.2, 0) is 22.9 Å². The molecule has 0 aliphatic heterocycles. The Bertz CT molecular complexity index is 803. The van der Waals surface area contributed by atoms with E-state index in [9.17, 15) is 17.6 Å². The molecule has 0 heterocycles. The maximum atomic E-state index is 12.8. The summed E-state index contributed by atoms with van der Waals surface area (Å²) in [5, 5.41) is 2.82. The number of amides is 1. The smallest absolute Gasteiger partial charge is 0.251 e. The van der Waals surface area contributed by atoms with Gasteiger partial charge in [0.25, 0.3) is 5.91 Å². The van der Waals surface area contributed by atoms with Gasteiger partial charge in [-0.15, -0.1) is 0 Å². The second kappa shape index (κ2) is 8.73. The van der Waals surface area contributed by atoms with E-state index in [4.69, 9.17) is 0 Å². The Kier molecular flexibility index (Phi) is 6.66. The highest BCUT2D eigenvalue weighted by Gasteiger charge is 2.06. The minimum Gasteiger partial charge on any atom is -0.352 e. The molecule has 134 valence electrons. The van der Waals surface area contributed by atoms with Crippen molar-refractivity contribution < 1.29 is 17.6 Å². The van der Waals surface area contributed by atoms with Gasteiger partial charge in [-0.3, -0.25) is 4.79 Å². The highest BCUT2D eigenvalue weighted by molar-refractivity contribution is 7.88. The Morgan fingerprint density at radius 1 is 0.920 bits per heavy atom. The van der Waals surface area contributed by atoms with Crippen molar-refractivity contribution in [3.05, 3.63) is 71.0 Å². The minimum atomic E-state index is -3.19. The Morgan fingerprint density at radius 3 is 2.00 bits per heavy atom. The molecule has 0 unspecified atom stereocenters. The first-order chi connectivity index (χ1) is 11.8. The first-order valence-corrected chi connectivity index (χ1v) is 9.79. The molecule has 7 heteroatoms. The van der Waals surface area contributed by atoms with Crippen LogP contribution in [0.3, 0.4) is 0 Å². The van der Waals surface area contributed by atoms with E-state index >= 15 is 0 Å². The third-order valence-electron chi connectivity index (χ3n) is 3.61. The van der Waals surface area contributed by atoms with E-state index < -0.39 is 10.0 Å². The van der Waals surface area contributed by atoms with Gasteiger partial charge < -0.3 is 5.32 Å². The molecule has 2 rings (SSSR count). The lowest BCUT2D eigenvalue weighted by atomic mass is 10.1. The van der Waals surface area contributed by atoms with Crippen molar-refractivity contribution >= 4 is 15.9 Å². The summed E-state index contributed by atoms with van der Waals surface area (Å²) >= 11 is 0. The van der Waals surface area contributed by atoms with E-state index in [0.717, 1.165) is 17.4 Å². The topological polar surface area (TPSA) is 75.3 Å². The second-order valence-electron chi connectivity index (χ2n) is 5.75. The number of nitrogens with one attached hydrogen (secondary N) is 2. The number of hydrogen-bond acceptors (Lipinski definition) is 3. The van der Waals surface area contributed by atoms with Crippen molar-refractivity contribution in [3.63, 3.8) is 0 Å². The number of benzene rings is 2. The van der Waals surface area contributed by atoms with Gasteiger partial charge in [0.15, 0.2) is 0 Å². The zero-order valence-corrected chi connectivity index (χ0v) is 14.8. The summed E-state index contributed by atoms with van der Waals surface area (Å²) in [4.78, 5) is 12.1. The molecule has 2 N–H and O–H groups in total. The molecule has 0 aliphatic carbocycles. The molecule has 0 radical (unpaired) electrons. The Hall–Kier alpha value is -2.25. The van der Waals surface area contributed by atoms with Crippen LogP contribution >= 0.6 is 0 Å². The van der Waals surface area contributed by atoms with Crippen LogP contribution < -0.4 is 10.0 Å². The zero-order chi connectivity index (χ0) is 18.3. The molecule has 0 bridgehead atoms. The van der Waals surface area contributed by atoms with Crippen LogP contribution in [0.1, 0.15) is 21.5 Å². The number of halogens is 1. The van der Waals surface area contributed by atoms with Crippen LogP contribution in [0.4, 0.5) is 4.39 Å². The van der Waals surface area contributed by atoms with Crippen LogP contribution in [0.5, 0.6) is 0 Å². The van der Waals surface area contributed by atoms with Gasteiger partial charge in [0.05, 0.1) is 6.26 Å². The average molecular weight is 364 g/mol. The third kappa shape index (κ3) is 7.03. The molecule has 1 amide bonds. The summed E-state index contributed by atoms with van der Waals surface area (Å²) < 4.78 is 37.3. The van der Waals surface area contributed by atoms with Crippen molar-refractivity contribution in [1.29, 1.82) is 0 Å². The lowest BCUT2D eigenvalue weighted by Gasteiger charge is -2.07. The number of rotatable bonds is 8. The zero-order valence-electron chi connectivity index (χ0n) is 14.0. The molecule has 0 saturated carbocycles. The molecular formula is C18H21FN2O3S. The largest absolute Gasteiger partial charge is 0.352 e. The molecule has 0 aliphatic rings. The number of sulfonamides is 1. The fraction of sp³-hybridized carbons (Fsp3) is 0.278. The molecule has 2 aromatic rings. The first-order valence-electron chi connectivity index (χ1n) is 7.90. The van der Waals surface area contributed by atoms with Gasteiger partial charge in [0.2, 0.25) is 10.0 Å². The van der Waals surface area contributed by atoms with Gasteiger partial charge in [0, 0.05) is 18.7 Å². The van der Waals surface area contributed by atoms with Gasteiger partial charge >= 0.3 is 0 Å². The van der Waals surface area contributed by atoms with Crippen molar-refractivity contribution in [1.82, 2.24) is 10.0 Å². The quantitative estimate of drug-likeness (QED) is 0.751. The van der Waals surface area contributed by atoms with E-state index in [1.165, 1.54) is 12.1 Å². The first kappa shape index (κ1) is 19.1. The summed E-state index contributed by atoms with van der Waals surface area (Å²) in [5.74, 6) is -0.456. The fourth-order valence-electron chi connectivity index (χ4n) is 2.28. The highest BCUT2D eigenvalue weighted by atomic mass is 32.2. The van der Waals surface area contributed by atoms with Gasteiger partial charge in [-0.2, -0.15) is 0 Å². The van der Waals surface area contributed by atoms with Crippen LogP contribution in [0.15, 0.2) is 48.5 Å². The summed E-state index contributed by atoms with van der Waals surface area (Å²) in [7, 11) is -3.19. The molecule has 0 aromatic heterocycles. The lowest BCUT2D eigenvalue weighted by molar-refractivity contribution is 0.0954. The molecule has 0 fully saturated rings. The highest BCUT2D eigenvalue weighted by Crippen LogP contribution is 2.06. The SMILES string of the molecule is CS(=O)(=O)NCCc1ccc(C(=O)NCCc2ccc(F)cc2)cc1. The van der Waals surface area contributed by atoms with Gasteiger partial charge in [-0.05, 0) is 48.2 Å². The number of carbonyl (C=O) groups excluding carboxylic acids is 1. The predicted molar refractivity (Wildman–Crippen MR) is 95.4 cm³/mol. The van der Waals surface area contributed by atoms with Crippen molar-refractivity contribution in [3.8, 4) is 0 Å². The Morgan fingerprint density at radius 2 is 1.44 bits per heavy atom. The molecule has 0 atom stereocenters. The van der Waals surface area contributed by atoms with E-state index in [0.29, 0.717) is 31.5 Å². The molecule has 0 saturated heterocycles. The minimum absolute atomic E-state index is 0.178. The predicted octanol–water partition coefficient (Wildman–Crippen LogP) is 1.89. The Balaban J connectivity index is 1.78. The summed E-state index contributed by atoms with van der Waals surface area (Å²) in [5.41, 5.74) is 2.44. The van der Waals surface area contributed by atoms with E-state index in [2.05, 4.69) is 10.0 Å². The molecule has 2 aromatic carbocycles. The van der Waals surface area contributed by atoms with Gasteiger partial charge in [-0.25, -0.2) is 17.5 Å². The van der Waals surface area contributed by atoms with E-state index in [1.807, 2.05) is 0 Å². The van der Waals surface area contributed by atoms with Gasteiger partial charge in [-0.1, -0.05) is 24.3 Å². The second-order valence-corrected chi connectivity index (χ2v) is 7.58. The van der Waals surface area contributed by atoms with Crippen LogP contribution in [0.25, 0.3) is 0 Å². The number of carbonyl (C=O) groups is 1. The number of hydrogen-bond donors (Lipinski definition) is 2. The van der Waals surface area contributed by atoms with E-state index in [1.54, 1.807) is 36.4 Å². The fourth-order valence-corrected chi connectivity index (χ4v) is 2.75. The lowest BCUT2D eigenvalue weighted by Crippen LogP contribution is -2.26. The Labute approximate surface area is 147 Å². The summed E-state index contributed by atoms with van der Waals surface area (Å²) in [6, 6.07) is 13.2. The molecule has 5 nitrogen and oxygen atoms in total. The monoisotopic (exact) mass is 364 g/mol. The van der Waals surface area contributed by atoms with Crippen molar-refractivity contribution in [2.45, 2.75) is 12.8 Å². The average Bonchev–Trinajstić information content (AvgIpc) is 2.56. The van der Waals surface area contributed by atoms with Crippen molar-refractivity contribution in [2.24, 2.45) is 0 Å². The van der Waals surface area contributed by atoms with Gasteiger partial charge in [0.1, 0.15) is 5.82 Å². The van der Waals surface area contributed by atoms with Crippen LogP contribution in [-0.4, -0.2) is 33.7 Å². The molecule has 0 spiro atoms. The van der Waals surface area contributed by atoms with Crippen molar-refractivity contribution in [2.75, 3.05) is 19.3 Å². The maximum absolute atomic E-state index is 12.8. The summed E-state index contributed by atoms with van der Waals surface area (Å²) in [6.45, 7) is 0.784. The van der Waals surface area contributed by atoms with Crippen LogP contribution in [0, 0.1) is 5.82 Å². The normalized spacial score (nSPS) is 11.3. The summed E-state index contributed by atoms with van der Waals surface area (Å²) in [6.07, 6.45) is 2.30. The van der Waals surface area contributed by atoms with E-state index in [-0.39, 0.29) is 11.7 Å². The molecule has 25 heavy (non-hydrogen) atoms. The standard InChI is InChI=1S/C18H21FN2O3S/c1-25(23,24)21-13-11-14-2-6-16(7-3-14)18(22)20-12-10-15-4-8-17(19)9-5-15/h2-9,21H,10-13H2,1H3,(H,20,22). The maximum Gasteiger partial charge on any atom is 0.251 e. The van der Waals surface area contributed by atoms with Crippen LogP contribution in [0.2, 0.25) is 0 Å².